The number of rotatable bonds is 20. The number of aromatic hydroxyl groups is 2. The second-order valence-corrected chi connectivity index (χ2v) is 10.3. The molecule has 2 heteroatoms. The smallest absolute Gasteiger partial charge is 0.119 e. The van der Waals surface area contributed by atoms with E-state index in [1.807, 2.05) is 12.1 Å². The van der Waals surface area contributed by atoms with Crippen LogP contribution in [-0.4, -0.2) is 10.2 Å². The zero-order valence-corrected chi connectivity index (χ0v) is 21.9. The van der Waals surface area contributed by atoms with Gasteiger partial charge in [0.1, 0.15) is 11.5 Å². The number of benzene rings is 1. The van der Waals surface area contributed by atoms with Crippen molar-refractivity contribution in [1.82, 2.24) is 0 Å². The normalized spacial score (nSPS) is 13.4. The Labute approximate surface area is 200 Å². The fourth-order valence-corrected chi connectivity index (χ4v) is 4.88. The maximum atomic E-state index is 10.7. The second kappa shape index (κ2) is 18.3. The Hall–Kier alpha value is -1.18. The third-order valence-corrected chi connectivity index (χ3v) is 7.22. The predicted molar refractivity (Wildman–Crippen MR) is 141 cm³/mol. The molecule has 2 unspecified atom stereocenters. The number of hydrogen-bond acceptors (Lipinski definition) is 2. The molecular weight excluding hydrogens is 392 g/mol. The van der Waals surface area contributed by atoms with Crippen LogP contribution >= 0.6 is 0 Å². The lowest BCUT2D eigenvalue weighted by atomic mass is 9.88. The van der Waals surface area contributed by atoms with Gasteiger partial charge in [0.05, 0.1) is 0 Å². The molecule has 0 heterocycles. The molecule has 0 aromatic heterocycles. The number of phenolic OH excluding ortho intramolecular Hbond substituents is 2. The third-order valence-electron chi connectivity index (χ3n) is 7.22. The monoisotopic (exact) mass is 446 g/mol. The summed E-state index contributed by atoms with van der Waals surface area (Å²) < 4.78 is 0. The van der Waals surface area contributed by atoms with Crippen molar-refractivity contribution in [2.75, 3.05) is 0 Å². The van der Waals surface area contributed by atoms with E-state index in [1.165, 1.54) is 103 Å². The molecule has 0 spiro atoms. The number of hydrogen-bond donors (Lipinski definition) is 2. The van der Waals surface area contributed by atoms with Crippen LogP contribution in [0.15, 0.2) is 12.1 Å². The molecule has 0 radical (unpaired) electrons. The Bertz CT molecular complexity index is 580. The van der Waals surface area contributed by atoms with Gasteiger partial charge in [-0.3, -0.25) is 0 Å². The highest BCUT2D eigenvalue weighted by molar-refractivity contribution is 5.47. The van der Waals surface area contributed by atoms with E-state index in [9.17, 15) is 10.2 Å². The molecule has 0 aliphatic heterocycles. The molecule has 2 nitrogen and oxygen atoms in total. The first-order valence-electron chi connectivity index (χ1n) is 14.1. The summed E-state index contributed by atoms with van der Waals surface area (Å²) >= 11 is 0. The van der Waals surface area contributed by atoms with E-state index in [1.54, 1.807) is 0 Å². The number of phenols is 2. The van der Waals surface area contributed by atoms with Gasteiger partial charge in [-0.25, -0.2) is 0 Å². The molecule has 0 amide bonds. The van der Waals surface area contributed by atoms with Crippen molar-refractivity contribution in [3.8, 4) is 11.5 Å². The van der Waals surface area contributed by atoms with Gasteiger partial charge in [0.15, 0.2) is 0 Å². The first kappa shape index (κ1) is 28.9. The Morgan fingerprint density at radius 1 is 0.500 bits per heavy atom. The summed E-state index contributed by atoms with van der Waals surface area (Å²) in [6, 6.07) is 3.67. The van der Waals surface area contributed by atoms with E-state index in [0.29, 0.717) is 17.4 Å². The summed E-state index contributed by atoms with van der Waals surface area (Å²) in [5.74, 6) is 1.31. The summed E-state index contributed by atoms with van der Waals surface area (Å²) in [6.45, 7) is 8.88. The van der Waals surface area contributed by atoms with Crippen LogP contribution < -0.4 is 0 Å². The van der Waals surface area contributed by atoms with E-state index >= 15 is 0 Å². The lowest BCUT2D eigenvalue weighted by Gasteiger charge is -2.19. The van der Waals surface area contributed by atoms with E-state index in [0.717, 1.165) is 24.0 Å². The zero-order valence-electron chi connectivity index (χ0n) is 21.9. The largest absolute Gasteiger partial charge is 0.508 e. The molecule has 0 fully saturated rings. The van der Waals surface area contributed by atoms with Crippen LogP contribution in [0.2, 0.25) is 0 Å². The quantitative estimate of drug-likeness (QED) is 0.154. The van der Waals surface area contributed by atoms with Crippen LogP contribution in [0, 0.1) is 0 Å². The first-order valence-corrected chi connectivity index (χ1v) is 14.1. The van der Waals surface area contributed by atoms with Crippen LogP contribution in [0.5, 0.6) is 11.5 Å². The van der Waals surface area contributed by atoms with Gasteiger partial charge in [-0.15, -0.1) is 0 Å². The first-order chi connectivity index (χ1) is 15.5. The van der Waals surface area contributed by atoms with E-state index < -0.39 is 0 Å². The molecule has 0 saturated carbocycles. The summed E-state index contributed by atoms with van der Waals surface area (Å²) in [5, 5.41) is 21.3. The van der Waals surface area contributed by atoms with Crippen LogP contribution in [0.4, 0.5) is 0 Å². The molecule has 32 heavy (non-hydrogen) atoms. The Balaban J connectivity index is 2.33. The Morgan fingerprint density at radius 3 is 1.09 bits per heavy atom. The van der Waals surface area contributed by atoms with E-state index in [2.05, 4.69) is 27.7 Å². The highest BCUT2D eigenvalue weighted by Gasteiger charge is 2.17. The fraction of sp³-hybridized carbons (Fsp3) is 0.800. The predicted octanol–water partition coefficient (Wildman–Crippen LogP) is 10.4. The van der Waals surface area contributed by atoms with Gasteiger partial charge in [-0.1, -0.05) is 130 Å². The highest BCUT2D eigenvalue weighted by atomic mass is 16.3. The molecule has 1 aromatic carbocycles. The summed E-state index contributed by atoms with van der Waals surface area (Å²) in [5.41, 5.74) is 1.82. The Morgan fingerprint density at radius 2 is 0.781 bits per heavy atom. The van der Waals surface area contributed by atoms with Crippen molar-refractivity contribution in [2.45, 2.75) is 155 Å². The van der Waals surface area contributed by atoms with Crippen LogP contribution in [0.25, 0.3) is 0 Å². The van der Waals surface area contributed by atoms with Crippen molar-refractivity contribution in [2.24, 2.45) is 0 Å². The van der Waals surface area contributed by atoms with Crippen LogP contribution in [-0.2, 0) is 0 Å². The molecule has 2 N–H and O–H groups in total. The van der Waals surface area contributed by atoms with Gasteiger partial charge in [0.25, 0.3) is 0 Å². The molecule has 1 aromatic rings. The molecule has 1 rings (SSSR count). The molecule has 0 aliphatic carbocycles. The Kier molecular flexibility index (Phi) is 16.5. The van der Waals surface area contributed by atoms with Crippen molar-refractivity contribution < 1.29 is 10.2 Å². The lowest BCUT2D eigenvalue weighted by Crippen LogP contribution is -1.99. The number of unbranched alkanes of at least 4 members (excludes halogenated alkanes) is 14. The molecule has 0 saturated heterocycles. The second-order valence-electron chi connectivity index (χ2n) is 10.3. The van der Waals surface area contributed by atoms with Crippen molar-refractivity contribution in [3.63, 3.8) is 0 Å². The van der Waals surface area contributed by atoms with Gasteiger partial charge >= 0.3 is 0 Å². The van der Waals surface area contributed by atoms with Crippen molar-refractivity contribution >= 4 is 0 Å². The average Bonchev–Trinajstić information content (AvgIpc) is 2.78. The van der Waals surface area contributed by atoms with Crippen molar-refractivity contribution in [3.05, 3.63) is 23.3 Å². The standard InChI is InChI=1S/C30H54O2/c1-5-7-9-11-13-14-15-16-18-20-22-26(4)28-24-29(31)27(23-30(28)32)25(3)21-19-17-12-10-8-6-2/h23-26,31-32H,5-22H2,1-4H3. The third kappa shape index (κ3) is 12.2. The summed E-state index contributed by atoms with van der Waals surface area (Å²) in [4.78, 5) is 0. The molecule has 0 aliphatic rings. The van der Waals surface area contributed by atoms with E-state index in [4.69, 9.17) is 0 Å². The van der Waals surface area contributed by atoms with Gasteiger partial charge in [0, 0.05) is 11.1 Å². The van der Waals surface area contributed by atoms with Gasteiger partial charge in [-0.05, 0) is 36.8 Å². The van der Waals surface area contributed by atoms with Crippen molar-refractivity contribution in [1.29, 1.82) is 0 Å². The lowest BCUT2D eigenvalue weighted by molar-refractivity contribution is 0.434. The van der Waals surface area contributed by atoms with Gasteiger partial charge in [-0.2, -0.15) is 0 Å². The minimum absolute atomic E-state index is 0.290. The zero-order chi connectivity index (χ0) is 23.6. The minimum atomic E-state index is 0.290. The fourth-order valence-electron chi connectivity index (χ4n) is 4.88. The molecule has 186 valence electrons. The maximum absolute atomic E-state index is 10.7. The van der Waals surface area contributed by atoms with Crippen LogP contribution in [0.3, 0.4) is 0 Å². The maximum Gasteiger partial charge on any atom is 0.119 e. The van der Waals surface area contributed by atoms with E-state index in [-0.39, 0.29) is 5.92 Å². The minimum Gasteiger partial charge on any atom is -0.508 e. The average molecular weight is 447 g/mol. The van der Waals surface area contributed by atoms with Gasteiger partial charge in [0.2, 0.25) is 0 Å². The van der Waals surface area contributed by atoms with Gasteiger partial charge < -0.3 is 10.2 Å². The molecular formula is C30H54O2. The topological polar surface area (TPSA) is 40.5 Å². The molecule has 0 bridgehead atoms. The molecule has 2 atom stereocenters. The summed E-state index contributed by atoms with van der Waals surface area (Å²) in [6.07, 6.45) is 23.4. The SMILES string of the molecule is CCCCCCCCCCCCC(C)c1cc(O)c(C(C)CCCCCCCC)cc1O. The highest BCUT2D eigenvalue weighted by Crippen LogP contribution is 2.38. The van der Waals surface area contributed by atoms with Crippen LogP contribution in [0.1, 0.15) is 166 Å². The summed E-state index contributed by atoms with van der Waals surface area (Å²) in [7, 11) is 0.